The van der Waals surface area contributed by atoms with Gasteiger partial charge in [-0.25, -0.2) is 0 Å². The van der Waals surface area contributed by atoms with E-state index in [1.807, 2.05) is 0 Å². The molecule has 0 aliphatic carbocycles. The minimum absolute atomic E-state index is 0.0474. The first kappa shape index (κ1) is 12.3. The van der Waals surface area contributed by atoms with Crippen LogP contribution in [0.4, 0.5) is 0 Å². The van der Waals surface area contributed by atoms with Crippen molar-refractivity contribution in [3.05, 3.63) is 23.7 Å². The molecule has 1 atom stereocenters. The van der Waals surface area contributed by atoms with Crippen LogP contribution in [0.15, 0.2) is 16.7 Å². The number of carbonyl (C=O) groups is 2. The lowest BCUT2D eigenvalue weighted by Crippen LogP contribution is -2.33. The Morgan fingerprint density at radius 3 is 2.75 bits per heavy atom. The van der Waals surface area contributed by atoms with E-state index in [1.54, 1.807) is 19.9 Å². The summed E-state index contributed by atoms with van der Waals surface area (Å²) >= 11 is 0. The van der Waals surface area contributed by atoms with Crippen molar-refractivity contribution in [2.45, 2.75) is 32.7 Å². The molecular formula is C11H15NO4. The average Bonchev–Trinajstić information content (AvgIpc) is 2.61. The van der Waals surface area contributed by atoms with Crippen LogP contribution in [0, 0.1) is 6.92 Å². The first-order valence-corrected chi connectivity index (χ1v) is 5.07. The highest BCUT2D eigenvalue weighted by Gasteiger charge is 2.14. The van der Waals surface area contributed by atoms with Crippen LogP contribution in [0.3, 0.4) is 0 Å². The molecule has 0 unspecified atom stereocenters. The van der Waals surface area contributed by atoms with E-state index in [0.29, 0.717) is 17.7 Å². The maximum atomic E-state index is 11.7. The molecule has 1 aromatic heterocycles. The van der Waals surface area contributed by atoms with Crippen molar-refractivity contribution >= 4 is 11.9 Å². The molecule has 0 aliphatic rings. The lowest BCUT2D eigenvalue weighted by atomic mass is 10.1. The summed E-state index contributed by atoms with van der Waals surface area (Å²) in [6, 6.07) is 1.42. The highest BCUT2D eigenvalue weighted by atomic mass is 16.4. The number of hydrogen-bond donors (Lipinski definition) is 2. The monoisotopic (exact) mass is 225 g/mol. The number of rotatable bonds is 5. The maximum Gasteiger partial charge on any atom is 0.303 e. The van der Waals surface area contributed by atoms with Crippen molar-refractivity contribution in [1.29, 1.82) is 0 Å². The van der Waals surface area contributed by atoms with Gasteiger partial charge in [-0.1, -0.05) is 0 Å². The summed E-state index contributed by atoms with van der Waals surface area (Å²) in [5.74, 6) is -0.535. The summed E-state index contributed by atoms with van der Waals surface area (Å²) in [6.07, 6.45) is 1.91. The molecule has 5 heteroatoms. The highest BCUT2D eigenvalue weighted by Crippen LogP contribution is 2.09. The molecule has 0 fully saturated rings. The fourth-order valence-corrected chi connectivity index (χ4v) is 1.33. The van der Waals surface area contributed by atoms with Crippen LogP contribution in [-0.2, 0) is 4.79 Å². The van der Waals surface area contributed by atoms with E-state index in [1.165, 1.54) is 6.26 Å². The third-order valence-electron chi connectivity index (χ3n) is 2.27. The van der Waals surface area contributed by atoms with Gasteiger partial charge in [-0.3, -0.25) is 9.59 Å². The lowest BCUT2D eigenvalue weighted by molar-refractivity contribution is -0.137. The number of aliphatic carboxylic acids is 1. The molecule has 0 bridgehead atoms. The molecule has 1 heterocycles. The van der Waals surface area contributed by atoms with E-state index in [0.717, 1.165) is 0 Å². The van der Waals surface area contributed by atoms with Gasteiger partial charge >= 0.3 is 5.97 Å². The highest BCUT2D eigenvalue weighted by molar-refractivity contribution is 5.95. The van der Waals surface area contributed by atoms with Gasteiger partial charge in [0.15, 0.2) is 0 Å². The van der Waals surface area contributed by atoms with E-state index in [9.17, 15) is 9.59 Å². The average molecular weight is 225 g/mol. The largest absolute Gasteiger partial charge is 0.481 e. The minimum atomic E-state index is -0.861. The number of nitrogens with one attached hydrogen (secondary N) is 1. The predicted octanol–water partition coefficient (Wildman–Crippen LogP) is 1.57. The second kappa shape index (κ2) is 5.34. The van der Waals surface area contributed by atoms with Crippen LogP contribution in [-0.4, -0.2) is 23.0 Å². The quantitative estimate of drug-likeness (QED) is 0.797. The second-order valence-corrected chi connectivity index (χ2v) is 3.70. The molecule has 1 amide bonds. The van der Waals surface area contributed by atoms with Gasteiger partial charge in [-0.15, -0.1) is 0 Å². The topological polar surface area (TPSA) is 79.5 Å². The summed E-state index contributed by atoms with van der Waals surface area (Å²) in [7, 11) is 0. The summed E-state index contributed by atoms with van der Waals surface area (Å²) in [5, 5.41) is 11.2. The standard InChI is InChI=1S/C11H15NO4/c1-7(3-4-10(13)14)12-11(15)9-5-6-16-8(9)2/h5-7H,3-4H2,1-2H3,(H,12,15)(H,13,14)/t7-/m1/s1. The summed E-state index contributed by atoms with van der Waals surface area (Å²) in [4.78, 5) is 22.0. The van der Waals surface area contributed by atoms with Crippen molar-refractivity contribution in [3.8, 4) is 0 Å². The Bertz CT molecular complexity index is 383. The lowest BCUT2D eigenvalue weighted by Gasteiger charge is -2.11. The van der Waals surface area contributed by atoms with E-state index in [2.05, 4.69) is 5.32 Å². The Morgan fingerprint density at radius 2 is 2.25 bits per heavy atom. The van der Waals surface area contributed by atoms with E-state index in [-0.39, 0.29) is 18.4 Å². The van der Waals surface area contributed by atoms with Crippen molar-refractivity contribution in [1.82, 2.24) is 5.32 Å². The number of aryl methyl sites for hydroxylation is 1. The minimum Gasteiger partial charge on any atom is -0.481 e. The number of carboxylic acids is 1. The smallest absolute Gasteiger partial charge is 0.303 e. The van der Waals surface area contributed by atoms with Gasteiger partial charge in [-0.2, -0.15) is 0 Å². The van der Waals surface area contributed by atoms with Gasteiger partial charge in [0.05, 0.1) is 11.8 Å². The van der Waals surface area contributed by atoms with Crippen LogP contribution in [0.2, 0.25) is 0 Å². The fourth-order valence-electron chi connectivity index (χ4n) is 1.33. The van der Waals surface area contributed by atoms with E-state index in [4.69, 9.17) is 9.52 Å². The normalized spacial score (nSPS) is 12.1. The van der Waals surface area contributed by atoms with Crippen LogP contribution in [0.5, 0.6) is 0 Å². The van der Waals surface area contributed by atoms with E-state index < -0.39 is 5.97 Å². The van der Waals surface area contributed by atoms with Crippen LogP contribution >= 0.6 is 0 Å². The van der Waals surface area contributed by atoms with Gasteiger partial charge in [-0.05, 0) is 26.3 Å². The Hall–Kier alpha value is -1.78. The van der Waals surface area contributed by atoms with E-state index >= 15 is 0 Å². The molecule has 0 aromatic carbocycles. The summed E-state index contributed by atoms with van der Waals surface area (Å²) in [6.45, 7) is 3.48. The van der Waals surface area contributed by atoms with Gasteiger partial charge in [0.2, 0.25) is 0 Å². The van der Waals surface area contributed by atoms with Crippen LogP contribution in [0.25, 0.3) is 0 Å². The number of hydrogen-bond acceptors (Lipinski definition) is 3. The molecule has 0 saturated heterocycles. The van der Waals surface area contributed by atoms with Crippen molar-refractivity contribution in [3.63, 3.8) is 0 Å². The third kappa shape index (κ3) is 3.42. The van der Waals surface area contributed by atoms with Crippen molar-refractivity contribution in [2.24, 2.45) is 0 Å². The SMILES string of the molecule is Cc1occc1C(=O)N[C@H](C)CCC(=O)O. The molecule has 0 spiro atoms. The molecule has 88 valence electrons. The summed E-state index contributed by atoms with van der Waals surface area (Å²) in [5.41, 5.74) is 0.488. The zero-order valence-electron chi connectivity index (χ0n) is 9.32. The Balaban J connectivity index is 2.46. The Morgan fingerprint density at radius 1 is 1.56 bits per heavy atom. The second-order valence-electron chi connectivity index (χ2n) is 3.70. The first-order valence-electron chi connectivity index (χ1n) is 5.07. The molecule has 0 radical (unpaired) electrons. The van der Waals surface area contributed by atoms with Crippen molar-refractivity contribution in [2.75, 3.05) is 0 Å². The molecule has 1 aromatic rings. The molecule has 2 N–H and O–H groups in total. The Labute approximate surface area is 93.4 Å². The predicted molar refractivity (Wildman–Crippen MR) is 57.2 cm³/mol. The molecular weight excluding hydrogens is 210 g/mol. The zero-order chi connectivity index (χ0) is 12.1. The molecule has 0 saturated carbocycles. The molecule has 1 rings (SSSR count). The number of carboxylic acid groups (broad SMARTS) is 1. The molecule has 0 aliphatic heterocycles. The number of amides is 1. The number of furan rings is 1. The summed E-state index contributed by atoms with van der Waals surface area (Å²) < 4.78 is 5.01. The maximum absolute atomic E-state index is 11.7. The molecule has 5 nitrogen and oxygen atoms in total. The zero-order valence-corrected chi connectivity index (χ0v) is 9.32. The van der Waals surface area contributed by atoms with Crippen molar-refractivity contribution < 1.29 is 19.1 Å². The van der Waals surface area contributed by atoms with Gasteiger partial charge in [0, 0.05) is 12.5 Å². The number of carbonyl (C=O) groups excluding carboxylic acids is 1. The Kier molecular flexibility index (Phi) is 4.10. The fraction of sp³-hybridized carbons (Fsp3) is 0.455. The third-order valence-corrected chi connectivity index (χ3v) is 2.27. The van der Waals surface area contributed by atoms with Gasteiger partial charge in [0.25, 0.3) is 5.91 Å². The van der Waals surface area contributed by atoms with Crippen LogP contribution < -0.4 is 5.32 Å². The van der Waals surface area contributed by atoms with Gasteiger partial charge in [0.1, 0.15) is 5.76 Å². The molecule has 16 heavy (non-hydrogen) atoms. The first-order chi connectivity index (χ1) is 7.50. The van der Waals surface area contributed by atoms with Crippen LogP contribution in [0.1, 0.15) is 35.9 Å². The van der Waals surface area contributed by atoms with Gasteiger partial charge < -0.3 is 14.8 Å².